The molecule has 0 saturated carbocycles. The van der Waals surface area contributed by atoms with Crippen LogP contribution in [0.2, 0.25) is 0 Å². The molecular formula is C30H28AuCl2Cu2F4N8P. The van der Waals surface area contributed by atoms with Gasteiger partial charge < -0.3 is 43.1 Å². The van der Waals surface area contributed by atoms with Crippen molar-refractivity contribution in [3.63, 3.8) is 0 Å². The first-order valence-electron chi connectivity index (χ1n) is 13.0. The molecule has 0 saturated heterocycles. The van der Waals surface area contributed by atoms with Crippen molar-refractivity contribution in [1.82, 2.24) is 29.1 Å². The predicted molar refractivity (Wildman–Crippen MR) is 152 cm³/mol. The Bertz CT molecular complexity index is 1410. The summed E-state index contributed by atoms with van der Waals surface area (Å²) < 4.78 is 47.2. The average Bonchev–Trinajstić information content (AvgIpc) is 3.63. The van der Waals surface area contributed by atoms with Gasteiger partial charge >= 0.3 is 30.9 Å². The zero-order valence-corrected chi connectivity index (χ0v) is 31.0. The van der Waals surface area contributed by atoms with Gasteiger partial charge in [0.1, 0.15) is 26.2 Å². The van der Waals surface area contributed by atoms with E-state index in [1.54, 1.807) is 24.8 Å². The molecule has 6 heterocycles. The van der Waals surface area contributed by atoms with Gasteiger partial charge in [0.05, 0.1) is 39.6 Å². The summed E-state index contributed by atoms with van der Waals surface area (Å²) in [4.78, 5) is 17.2. The van der Waals surface area contributed by atoms with Crippen molar-refractivity contribution in [2.75, 3.05) is 0 Å². The maximum absolute atomic E-state index is 9.80. The van der Waals surface area contributed by atoms with Gasteiger partial charge in [-0.15, -0.1) is 0 Å². The number of nitrogens with zero attached hydrogens (tertiary/aromatic N) is 8. The van der Waals surface area contributed by atoms with E-state index in [0.717, 1.165) is 49.0 Å². The summed E-state index contributed by atoms with van der Waals surface area (Å²) in [5.41, 5.74) is 4.11. The molecule has 48 heavy (non-hydrogen) atoms. The molecule has 0 amide bonds. The van der Waals surface area contributed by atoms with E-state index < -0.39 is 8.51 Å². The summed E-state index contributed by atoms with van der Waals surface area (Å²) >= 11 is 0. The molecule has 0 bridgehead atoms. The van der Waals surface area contributed by atoms with Crippen molar-refractivity contribution in [2.24, 2.45) is 0 Å². The third-order valence-corrected chi connectivity index (χ3v) is 5.60. The van der Waals surface area contributed by atoms with Gasteiger partial charge in [-0.25, -0.2) is 0 Å². The molecule has 0 spiro atoms. The quantitative estimate of drug-likeness (QED) is 0.0678. The first-order valence-corrected chi connectivity index (χ1v) is 14.4. The summed E-state index contributed by atoms with van der Waals surface area (Å²) in [6.45, 7) is 2.93. The van der Waals surface area contributed by atoms with Gasteiger partial charge in [-0.3, -0.25) is 19.9 Å². The number of hydrogen-bond donors (Lipinski definition) is 0. The van der Waals surface area contributed by atoms with Crippen molar-refractivity contribution in [3.05, 3.63) is 158 Å². The van der Waals surface area contributed by atoms with Gasteiger partial charge in [-0.1, -0.05) is 24.3 Å². The summed E-state index contributed by atoms with van der Waals surface area (Å²) in [5.74, 6) is 0. The van der Waals surface area contributed by atoms with Crippen LogP contribution in [0.3, 0.4) is 0 Å². The minimum absolute atomic E-state index is 0. The smallest absolute Gasteiger partial charge is 1.00 e. The molecule has 6 rings (SSSR count). The zero-order chi connectivity index (χ0) is 30.3. The van der Waals surface area contributed by atoms with Crippen LogP contribution in [0.5, 0.6) is 0 Å². The van der Waals surface area contributed by atoms with Gasteiger partial charge in [-0.05, 0) is 73.3 Å². The maximum atomic E-state index is 9.80. The first kappa shape index (κ1) is 47.6. The largest absolute Gasteiger partial charge is 1.00 e. The second-order valence-electron chi connectivity index (χ2n) is 8.98. The molecule has 0 aliphatic carbocycles. The third-order valence-electron chi connectivity index (χ3n) is 5.60. The molecule has 0 unspecified atom stereocenters. The average molecular weight is 1000 g/mol. The number of pyridine rings is 4. The third kappa shape index (κ3) is 19.5. The summed E-state index contributed by atoms with van der Waals surface area (Å²) in [6.07, 6.45) is 21.7. The maximum Gasteiger partial charge on any atom is 1.00 e. The van der Waals surface area contributed by atoms with Crippen LogP contribution in [0, 0.1) is 12.7 Å². The molecule has 0 aromatic carbocycles. The SMILES string of the molecule is F[P+](F)(F)F.[Au+].[Cl-].[Cl-].[Cu].[Cu].[c-]1n(Cc2ccccn2)cc[n+]1Cc1ccccn1.[c-]1n(Cc2ccccn2)cc[n+]1Cc1ccccn1. The number of hydrogen-bond acceptors (Lipinski definition) is 4. The van der Waals surface area contributed by atoms with Crippen molar-refractivity contribution < 1.29 is 107 Å². The van der Waals surface area contributed by atoms with Crippen molar-refractivity contribution >= 4 is 8.51 Å². The van der Waals surface area contributed by atoms with Crippen molar-refractivity contribution in [2.45, 2.75) is 26.2 Å². The van der Waals surface area contributed by atoms with E-state index in [1.807, 2.05) is 116 Å². The van der Waals surface area contributed by atoms with Gasteiger partial charge in [0.25, 0.3) is 0 Å². The van der Waals surface area contributed by atoms with Crippen LogP contribution >= 0.6 is 8.51 Å². The summed E-state index contributed by atoms with van der Waals surface area (Å²) in [7, 11) is -6.39. The van der Waals surface area contributed by atoms with E-state index >= 15 is 0 Å². The zero-order valence-electron chi connectivity index (χ0n) is 24.6. The van der Waals surface area contributed by atoms with E-state index in [2.05, 4.69) is 32.6 Å². The van der Waals surface area contributed by atoms with Gasteiger partial charge in [0.15, 0.2) is 0 Å². The second kappa shape index (κ2) is 25.5. The standard InChI is InChI=1S/2C15H14N4.Au.2ClH.2Cu.F4P/c2*1-3-7-16-14(5-1)11-18-9-10-19(13-18)12-15-6-2-4-8-17-15;;;;;;1-5(2,3)4/h2*1-10H,11-12H2;;2*1H;;;/q;;+1;;;;;+1/p-2. The summed E-state index contributed by atoms with van der Waals surface area (Å²) in [6, 6.07) is 23.7. The first-order chi connectivity index (χ1) is 20.8. The van der Waals surface area contributed by atoms with Gasteiger partial charge in [0.2, 0.25) is 12.7 Å². The Hall–Kier alpha value is -2.47. The van der Waals surface area contributed by atoms with Crippen molar-refractivity contribution in [1.29, 1.82) is 0 Å². The molecule has 0 N–H and O–H groups in total. The van der Waals surface area contributed by atoms with Crippen LogP contribution in [-0.4, -0.2) is 29.1 Å². The molecule has 18 heteroatoms. The van der Waals surface area contributed by atoms with E-state index in [0.29, 0.717) is 0 Å². The monoisotopic (exact) mass is 1000 g/mol. The number of halogens is 6. The normalized spacial score (nSPS) is 9.58. The Morgan fingerprint density at radius 3 is 1.10 bits per heavy atom. The Kier molecular flexibility index (Phi) is 25.3. The van der Waals surface area contributed by atoms with E-state index in [1.165, 1.54) is 0 Å². The van der Waals surface area contributed by atoms with Crippen LogP contribution in [0.25, 0.3) is 0 Å². The minimum atomic E-state index is -6.39. The Morgan fingerprint density at radius 1 is 0.542 bits per heavy atom. The molecule has 8 nitrogen and oxygen atoms in total. The van der Waals surface area contributed by atoms with E-state index in [-0.39, 0.29) is 81.3 Å². The van der Waals surface area contributed by atoms with Gasteiger partial charge in [-0.2, -0.15) is 0 Å². The predicted octanol–water partition coefficient (Wildman–Crippen LogP) is -0.533. The van der Waals surface area contributed by atoms with Crippen LogP contribution in [0.1, 0.15) is 22.8 Å². The van der Waals surface area contributed by atoms with Gasteiger partial charge in [0, 0.05) is 58.9 Å². The topological polar surface area (TPSA) is 69.2 Å². The van der Waals surface area contributed by atoms with Crippen LogP contribution in [0.4, 0.5) is 16.8 Å². The minimum Gasteiger partial charge on any atom is -1.00 e. The van der Waals surface area contributed by atoms with Crippen molar-refractivity contribution in [3.8, 4) is 0 Å². The molecule has 0 aliphatic rings. The fourth-order valence-electron chi connectivity index (χ4n) is 3.80. The molecule has 2 radical (unpaired) electrons. The van der Waals surface area contributed by atoms with Crippen LogP contribution in [-0.2, 0) is 82.7 Å². The Morgan fingerprint density at radius 2 is 0.833 bits per heavy atom. The van der Waals surface area contributed by atoms with Crippen LogP contribution in [0.15, 0.2) is 122 Å². The molecular weight excluding hydrogens is 974 g/mol. The molecule has 0 aliphatic heterocycles. The Balaban J connectivity index is 0. The number of rotatable bonds is 8. The number of aromatic nitrogens is 8. The Labute approximate surface area is 326 Å². The molecule has 6 aromatic rings. The number of imidazole rings is 2. The fourth-order valence-corrected chi connectivity index (χ4v) is 3.80. The van der Waals surface area contributed by atoms with Crippen LogP contribution < -0.4 is 33.9 Å². The van der Waals surface area contributed by atoms with E-state index in [9.17, 15) is 16.8 Å². The molecule has 268 valence electrons. The van der Waals surface area contributed by atoms with E-state index in [4.69, 9.17) is 0 Å². The molecule has 0 atom stereocenters. The molecule has 0 fully saturated rings. The summed E-state index contributed by atoms with van der Waals surface area (Å²) in [5, 5.41) is 0. The second-order valence-corrected chi connectivity index (χ2v) is 9.74. The fraction of sp³-hybridized carbons (Fsp3) is 0.133. The molecule has 6 aromatic heterocycles.